The van der Waals surface area contributed by atoms with Gasteiger partial charge in [-0.1, -0.05) is 45.0 Å². The molecule has 0 spiro atoms. The van der Waals surface area contributed by atoms with Gasteiger partial charge in [0.15, 0.2) is 0 Å². The van der Waals surface area contributed by atoms with Crippen LogP contribution in [-0.4, -0.2) is 7.05 Å². The van der Waals surface area contributed by atoms with E-state index in [9.17, 15) is 0 Å². The molecule has 1 atom stereocenters. The van der Waals surface area contributed by atoms with Crippen LogP contribution < -0.4 is 5.32 Å². The van der Waals surface area contributed by atoms with Crippen LogP contribution >= 0.6 is 0 Å². The number of rotatable bonds is 4. The average molecular weight is 271 g/mol. The summed E-state index contributed by atoms with van der Waals surface area (Å²) in [7, 11) is 2.00. The third kappa shape index (κ3) is 3.51. The van der Waals surface area contributed by atoms with E-state index in [2.05, 4.69) is 56.4 Å². The average Bonchev–Trinajstić information content (AvgIpc) is 2.82. The maximum absolute atomic E-state index is 5.41. The Hall–Kier alpha value is -1.54. The summed E-state index contributed by atoms with van der Waals surface area (Å²) in [4.78, 5) is 0. The van der Waals surface area contributed by atoms with Crippen molar-refractivity contribution < 1.29 is 4.42 Å². The summed E-state index contributed by atoms with van der Waals surface area (Å²) in [6.45, 7) is 8.71. The minimum atomic E-state index is 0.211. The van der Waals surface area contributed by atoms with Crippen LogP contribution in [0.15, 0.2) is 41.0 Å². The molecule has 108 valence electrons. The van der Waals surface area contributed by atoms with Gasteiger partial charge in [-0.3, -0.25) is 0 Å². The first-order chi connectivity index (χ1) is 9.40. The summed E-state index contributed by atoms with van der Waals surface area (Å²) in [5, 5.41) is 3.37. The molecule has 2 aromatic rings. The smallest absolute Gasteiger partial charge is 0.101 e. The quantitative estimate of drug-likeness (QED) is 0.892. The molecule has 1 aromatic heterocycles. The maximum Gasteiger partial charge on any atom is 0.101 e. The highest BCUT2D eigenvalue weighted by Gasteiger charge is 2.15. The molecule has 1 unspecified atom stereocenters. The van der Waals surface area contributed by atoms with Gasteiger partial charge in [-0.15, -0.1) is 0 Å². The minimum absolute atomic E-state index is 0.211. The zero-order valence-electron chi connectivity index (χ0n) is 13.2. The van der Waals surface area contributed by atoms with E-state index in [1.165, 1.54) is 16.7 Å². The number of benzene rings is 1. The summed E-state index contributed by atoms with van der Waals surface area (Å²) in [6, 6.07) is 11.3. The van der Waals surface area contributed by atoms with E-state index in [1.54, 1.807) is 0 Å². The second-order valence-corrected chi connectivity index (χ2v) is 6.48. The fourth-order valence-electron chi connectivity index (χ4n) is 2.41. The van der Waals surface area contributed by atoms with Crippen molar-refractivity contribution in [1.29, 1.82) is 0 Å². The van der Waals surface area contributed by atoms with Gasteiger partial charge in [0.2, 0.25) is 0 Å². The topological polar surface area (TPSA) is 25.2 Å². The lowest BCUT2D eigenvalue weighted by Crippen LogP contribution is -2.18. The molecule has 1 N–H and O–H groups in total. The van der Waals surface area contributed by atoms with Crippen molar-refractivity contribution in [3.05, 3.63) is 59.0 Å². The SMILES string of the molecule is CNC(Cc1ccc(C(C)(C)C)cc1)c1coc(C)c1. The molecule has 0 bridgehead atoms. The molecule has 0 amide bonds. The van der Waals surface area contributed by atoms with Gasteiger partial charge in [0, 0.05) is 11.6 Å². The minimum Gasteiger partial charge on any atom is -0.469 e. The highest BCUT2D eigenvalue weighted by molar-refractivity contribution is 5.29. The lowest BCUT2D eigenvalue weighted by molar-refractivity contribution is 0.520. The third-order valence-corrected chi connectivity index (χ3v) is 3.76. The fraction of sp³-hybridized carbons (Fsp3) is 0.444. The molecule has 1 aromatic carbocycles. The van der Waals surface area contributed by atoms with Crippen LogP contribution in [0.25, 0.3) is 0 Å². The maximum atomic E-state index is 5.41. The van der Waals surface area contributed by atoms with E-state index < -0.39 is 0 Å². The molecule has 1 heterocycles. The van der Waals surface area contributed by atoms with Crippen molar-refractivity contribution in [3.63, 3.8) is 0 Å². The Morgan fingerprint density at radius 2 is 1.80 bits per heavy atom. The molecule has 0 saturated carbocycles. The van der Waals surface area contributed by atoms with E-state index in [0.29, 0.717) is 6.04 Å². The summed E-state index contributed by atoms with van der Waals surface area (Å²) in [5.74, 6) is 0.961. The third-order valence-electron chi connectivity index (χ3n) is 3.76. The van der Waals surface area contributed by atoms with Crippen molar-refractivity contribution in [3.8, 4) is 0 Å². The standard InChI is InChI=1S/C18H25NO/c1-13-10-15(12-20-13)17(19-5)11-14-6-8-16(9-7-14)18(2,3)4/h6-10,12,17,19H,11H2,1-5H3. The van der Waals surface area contributed by atoms with Gasteiger partial charge in [-0.05, 0) is 43.0 Å². The highest BCUT2D eigenvalue weighted by atomic mass is 16.3. The molecule has 0 aliphatic carbocycles. The first kappa shape index (κ1) is 14.9. The molecular formula is C18H25NO. The number of hydrogen-bond acceptors (Lipinski definition) is 2. The number of nitrogens with one attached hydrogen (secondary N) is 1. The molecule has 2 rings (SSSR count). The molecule has 2 heteroatoms. The second-order valence-electron chi connectivity index (χ2n) is 6.48. The molecule has 0 fully saturated rings. The molecule has 0 aliphatic rings. The lowest BCUT2D eigenvalue weighted by Gasteiger charge is -2.20. The Morgan fingerprint density at radius 1 is 1.15 bits per heavy atom. The van der Waals surface area contributed by atoms with Crippen molar-refractivity contribution in [2.24, 2.45) is 0 Å². The van der Waals surface area contributed by atoms with E-state index in [1.807, 2.05) is 20.2 Å². The first-order valence-electron chi connectivity index (χ1n) is 7.22. The summed E-state index contributed by atoms with van der Waals surface area (Å²) < 4.78 is 5.41. The first-order valence-corrected chi connectivity index (χ1v) is 7.22. The zero-order chi connectivity index (χ0) is 14.8. The van der Waals surface area contributed by atoms with Gasteiger partial charge in [0.05, 0.1) is 6.26 Å². The summed E-state index contributed by atoms with van der Waals surface area (Å²) in [5.41, 5.74) is 4.14. The Labute approximate surface area is 122 Å². The van der Waals surface area contributed by atoms with Gasteiger partial charge in [-0.25, -0.2) is 0 Å². The van der Waals surface area contributed by atoms with Crippen molar-refractivity contribution >= 4 is 0 Å². The molecule has 0 radical (unpaired) electrons. The van der Waals surface area contributed by atoms with Crippen LogP contribution in [-0.2, 0) is 11.8 Å². The zero-order valence-corrected chi connectivity index (χ0v) is 13.2. The van der Waals surface area contributed by atoms with Gasteiger partial charge in [0.25, 0.3) is 0 Å². The molecule has 0 saturated heterocycles. The Kier molecular flexibility index (Phi) is 4.34. The Morgan fingerprint density at radius 3 is 2.25 bits per heavy atom. The highest BCUT2D eigenvalue weighted by Crippen LogP contribution is 2.24. The monoisotopic (exact) mass is 271 g/mol. The van der Waals surface area contributed by atoms with E-state index in [0.717, 1.165) is 12.2 Å². The molecule has 20 heavy (non-hydrogen) atoms. The molecule has 2 nitrogen and oxygen atoms in total. The predicted molar refractivity (Wildman–Crippen MR) is 84.1 cm³/mol. The van der Waals surface area contributed by atoms with Crippen LogP contribution in [0.3, 0.4) is 0 Å². The van der Waals surface area contributed by atoms with Gasteiger partial charge >= 0.3 is 0 Å². The molecule has 0 aliphatic heterocycles. The lowest BCUT2D eigenvalue weighted by atomic mass is 9.86. The number of aryl methyl sites for hydroxylation is 1. The summed E-state index contributed by atoms with van der Waals surface area (Å²) >= 11 is 0. The summed E-state index contributed by atoms with van der Waals surface area (Å²) in [6.07, 6.45) is 2.82. The van der Waals surface area contributed by atoms with Crippen molar-refractivity contribution in [2.45, 2.75) is 45.6 Å². The predicted octanol–water partition coefficient (Wildman–Crippen LogP) is 4.39. The second kappa shape index (κ2) is 5.84. The number of likely N-dealkylation sites (N-methyl/N-ethyl adjacent to an activating group) is 1. The van der Waals surface area contributed by atoms with Gasteiger partial charge in [-0.2, -0.15) is 0 Å². The number of furan rings is 1. The van der Waals surface area contributed by atoms with Crippen LogP contribution in [0.5, 0.6) is 0 Å². The normalized spacial score (nSPS) is 13.4. The van der Waals surface area contributed by atoms with E-state index in [-0.39, 0.29) is 5.41 Å². The van der Waals surface area contributed by atoms with E-state index >= 15 is 0 Å². The van der Waals surface area contributed by atoms with Crippen LogP contribution in [0, 0.1) is 6.92 Å². The van der Waals surface area contributed by atoms with Crippen molar-refractivity contribution in [2.75, 3.05) is 7.05 Å². The van der Waals surface area contributed by atoms with Crippen LogP contribution in [0.4, 0.5) is 0 Å². The van der Waals surface area contributed by atoms with Crippen LogP contribution in [0.1, 0.15) is 49.3 Å². The van der Waals surface area contributed by atoms with E-state index in [4.69, 9.17) is 4.42 Å². The Bertz CT molecular complexity index is 546. The van der Waals surface area contributed by atoms with Crippen LogP contribution in [0.2, 0.25) is 0 Å². The Balaban J connectivity index is 2.12. The molecular weight excluding hydrogens is 246 g/mol. The van der Waals surface area contributed by atoms with Crippen molar-refractivity contribution in [1.82, 2.24) is 5.32 Å². The fourth-order valence-corrected chi connectivity index (χ4v) is 2.41. The van der Waals surface area contributed by atoms with Gasteiger partial charge in [0.1, 0.15) is 5.76 Å². The van der Waals surface area contributed by atoms with Gasteiger partial charge < -0.3 is 9.73 Å². The largest absolute Gasteiger partial charge is 0.469 e. The number of hydrogen-bond donors (Lipinski definition) is 1.